The number of aryl methyl sites for hydroxylation is 1. The number of nitrogens with two attached hydrogens (primary N) is 1. The Morgan fingerprint density at radius 3 is 3.08 bits per heavy atom. The summed E-state index contributed by atoms with van der Waals surface area (Å²) in [6.07, 6.45) is 0. The topological polar surface area (TPSA) is 35.2 Å². The van der Waals surface area contributed by atoms with Gasteiger partial charge >= 0.3 is 0 Å². The molecule has 1 unspecified atom stereocenters. The van der Waals surface area contributed by atoms with E-state index in [0.29, 0.717) is 6.61 Å². The molecule has 1 aromatic rings. The zero-order chi connectivity index (χ0) is 8.72. The standard InChI is InChI=1S/C9H10BrNO/c1-5-2-6(10)3-7-8(11)4-12-9(5)7/h2-3,8H,4,11H2,1H3. The first-order valence-electron chi connectivity index (χ1n) is 3.87. The molecular weight excluding hydrogens is 218 g/mol. The summed E-state index contributed by atoms with van der Waals surface area (Å²) in [4.78, 5) is 0. The maximum absolute atomic E-state index is 5.84. The molecule has 2 nitrogen and oxygen atoms in total. The van der Waals surface area contributed by atoms with Crippen LogP contribution in [-0.4, -0.2) is 6.61 Å². The summed E-state index contributed by atoms with van der Waals surface area (Å²) in [5.74, 6) is 0.964. The van der Waals surface area contributed by atoms with Gasteiger partial charge in [0, 0.05) is 10.0 Å². The summed E-state index contributed by atoms with van der Waals surface area (Å²) in [7, 11) is 0. The number of hydrogen-bond acceptors (Lipinski definition) is 2. The van der Waals surface area contributed by atoms with E-state index in [-0.39, 0.29) is 6.04 Å². The van der Waals surface area contributed by atoms with Crippen molar-refractivity contribution in [3.05, 3.63) is 27.7 Å². The molecule has 1 aliphatic rings. The third-order valence-electron chi connectivity index (χ3n) is 2.07. The van der Waals surface area contributed by atoms with Crippen molar-refractivity contribution in [2.45, 2.75) is 13.0 Å². The van der Waals surface area contributed by atoms with Gasteiger partial charge in [-0.05, 0) is 24.6 Å². The molecule has 0 spiro atoms. The SMILES string of the molecule is Cc1cc(Br)cc2c1OCC2N. The predicted molar refractivity (Wildman–Crippen MR) is 51.3 cm³/mol. The maximum atomic E-state index is 5.84. The van der Waals surface area contributed by atoms with Crippen molar-refractivity contribution in [1.29, 1.82) is 0 Å². The Labute approximate surface area is 79.8 Å². The number of ether oxygens (including phenoxy) is 1. The molecule has 3 heteroatoms. The number of hydrogen-bond donors (Lipinski definition) is 1. The molecule has 2 rings (SSSR count). The van der Waals surface area contributed by atoms with E-state index in [1.807, 2.05) is 19.1 Å². The number of benzene rings is 1. The van der Waals surface area contributed by atoms with Crippen molar-refractivity contribution >= 4 is 15.9 Å². The van der Waals surface area contributed by atoms with Crippen LogP contribution in [0.15, 0.2) is 16.6 Å². The van der Waals surface area contributed by atoms with E-state index in [1.54, 1.807) is 0 Å². The highest BCUT2D eigenvalue weighted by atomic mass is 79.9. The lowest BCUT2D eigenvalue weighted by atomic mass is 10.1. The van der Waals surface area contributed by atoms with Crippen LogP contribution in [0.4, 0.5) is 0 Å². The average molecular weight is 228 g/mol. The summed E-state index contributed by atoms with van der Waals surface area (Å²) in [6.45, 7) is 2.63. The molecule has 12 heavy (non-hydrogen) atoms. The third-order valence-corrected chi connectivity index (χ3v) is 2.53. The third kappa shape index (κ3) is 1.13. The Hall–Kier alpha value is -0.540. The number of halogens is 1. The summed E-state index contributed by atoms with van der Waals surface area (Å²) in [6, 6.07) is 4.10. The van der Waals surface area contributed by atoms with Crippen LogP contribution in [0, 0.1) is 6.92 Å². The van der Waals surface area contributed by atoms with Gasteiger partial charge in [-0.1, -0.05) is 15.9 Å². The van der Waals surface area contributed by atoms with Gasteiger partial charge in [-0.2, -0.15) is 0 Å². The first-order chi connectivity index (χ1) is 5.68. The minimum absolute atomic E-state index is 0.0381. The van der Waals surface area contributed by atoms with E-state index in [9.17, 15) is 0 Å². The van der Waals surface area contributed by atoms with Crippen LogP contribution in [0.3, 0.4) is 0 Å². The number of fused-ring (bicyclic) bond motifs is 1. The fourth-order valence-electron chi connectivity index (χ4n) is 1.49. The summed E-state index contributed by atoms with van der Waals surface area (Å²) in [5, 5.41) is 0. The molecule has 0 radical (unpaired) electrons. The first-order valence-corrected chi connectivity index (χ1v) is 4.66. The predicted octanol–water partition coefficient (Wildman–Crippen LogP) is 2.15. The summed E-state index contributed by atoms with van der Waals surface area (Å²) < 4.78 is 6.52. The highest BCUT2D eigenvalue weighted by Crippen LogP contribution is 2.36. The van der Waals surface area contributed by atoms with Crippen LogP contribution in [0.2, 0.25) is 0 Å². The van der Waals surface area contributed by atoms with E-state index in [1.165, 1.54) is 0 Å². The Balaban J connectivity index is 2.60. The van der Waals surface area contributed by atoms with Gasteiger partial charge in [-0.15, -0.1) is 0 Å². The van der Waals surface area contributed by atoms with E-state index < -0.39 is 0 Å². The van der Waals surface area contributed by atoms with Gasteiger partial charge in [0.15, 0.2) is 0 Å². The molecular formula is C9H10BrNO. The van der Waals surface area contributed by atoms with Crippen molar-refractivity contribution in [1.82, 2.24) is 0 Å². The van der Waals surface area contributed by atoms with E-state index in [2.05, 4.69) is 15.9 Å². The minimum Gasteiger partial charge on any atom is -0.491 e. The van der Waals surface area contributed by atoms with Crippen LogP contribution in [0.5, 0.6) is 5.75 Å². The van der Waals surface area contributed by atoms with Gasteiger partial charge in [0.25, 0.3) is 0 Å². The highest BCUT2D eigenvalue weighted by Gasteiger charge is 2.22. The van der Waals surface area contributed by atoms with Gasteiger partial charge in [-0.25, -0.2) is 0 Å². The summed E-state index contributed by atoms with van der Waals surface area (Å²) in [5.41, 5.74) is 8.10. The number of rotatable bonds is 0. The van der Waals surface area contributed by atoms with Gasteiger partial charge in [0.1, 0.15) is 12.4 Å². The Morgan fingerprint density at radius 1 is 1.58 bits per heavy atom. The van der Waals surface area contributed by atoms with Crippen molar-refractivity contribution in [2.24, 2.45) is 5.73 Å². The zero-order valence-corrected chi connectivity index (χ0v) is 8.39. The molecule has 0 fully saturated rings. The van der Waals surface area contributed by atoms with E-state index >= 15 is 0 Å². The minimum atomic E-state index is 0.0381. The van der Waals surface area contributed by atoms with Gasteiger partial charge in [-0.3, -0.25) is 0 Å². The smallest absolute Gasteiger partial charge is 0.127 e. The molecule has 1 atom stereocenters. The highest BCUT2D eigenvalue weighted by molar-refractivity contribution is 9.10. The van der Waals surface area contributed by atoms with Crippen LogP contribution < -0.4 is 10.5 Å². The summed E-state index contributed by atoms with van der Waals surface area (Å²) >= 11 is 3.43. The van der Waals surface area contributed by atoms with Gasteiger partial charge in [0.2, 0.25) is 0 Å². The molecule has 0 amide bonds. The fourth-order valence-corrected chi connectivity index (χ4v) is 2.08. The fraction of sp³-hybridized carbons (Fsp3) is 0.333. The monoisotopic (exact) mass is 227 g/mol. The zero-order valence-electron chi connectivity index (χ0n) is 6.80. The van der Waals surface area contributed by atoms with Crippen LogP contribution in [0.25, 0.3) is 0 Å². The van der Waals surface area contributed by atoms with E-state index in [4.69, 9.17) is 10.5 Å². The molecule has 0 saturated carbocycles. The van der Waals surface area contributed by atoms with Gasteiger partial charge < -0.3 is 10.5 Å². The second-order valence-electron chi connectivity index (χ2n) is 3.06. The lowest BCUT2D eigenvalue weighted by Crippen LogP contribution is -2.10. The molecule has 64 valence electrons. The molecule has 1 aromatic carbocycles. The van der Waals surface area contributed by atoms with Crippen molar-refractivity contribution in [2.75, 3.05) is 6.61 Å². The molecule has 0 aliphatic carbocycles. The Morgan fingerprint density at radius 2 is 2.33 bits per heavy atom. The lowest BCUT2D eigenvalue weighted by Gasteiger charge is -2.04. The van der Waals surface area contributed by atoms with Crippen LogP contribution in [0.1, 0.15) is 17.2 Å². The normalized spacial score (nSPS) is 20.4. The Kier molecular flexibility index (Phi) is 1.85. The van der Waals surface area contributed by atoms with Crippen LogP contribution in [-0.2, 0) is 0 Å². The first kappa shape index (κ1) is 8.08. The molecule has 1 aliphatic heterocycles. The van der Waals surface area contributed by atoms with Gasteiger partial charge in [0.05, 0.1) is 6.04 Å². The second kappa shape index (κ2) is 2.75. The Bertz CT molecular complexity index is 325. The van der Waals surface area contributed by atoms with Crippen molar-refractivity contribution in [3.63, 3.8) is 0 Å². The molecule has 1 heterocycles. The molecule has 0 bridgehead atoms. The molecule has 0 saturated heterocycles. The maximum Gasteiger partial charge on any atom is 0.127 e. The van der Waals surface area contributed by atoms with Crippen LogP contribution >= 0.6 is 15.9 Å². The van der Waals surface area contributed by atoms with E-state index in [0.717, 1.165) is 21.3 Å². The van der Waals surface area contributed by atoms with Crippen molar-refractivity contribution < 1.29 is 4.74 Å². The average Bonchev–Trinajstić information content (AvgIpc) is 2.33. The van der Waals surface area contributed by atoms with Crippen molar-refractivity contribution in [3.8, 4) is 5.75 Å². The largest absolute Gasteiger partial charge is 0.491 e. The molecule has 2 N–H and O–H groups in total. The second-order valence-corrected chi connectivity index (χ2v) is 3.97. The molecule has 0 aromatic heterocycles. The quantitative estimate of drug-likeness (QED) is 0.738. The lowest BCUT2D eigenvalue weighted by molar-refractivity contribution is 0.331.